The van der Waals surface area contributed by atoms with E-state index in [1.165, 1.54) is 22.1 Å². The summed E-state index contributed by atoms with van der Waals surface area (Å²) in [5.41, 5.74) is 5.78. The van der Waals surface area contributed by atoms with Gasteiger partial charge in [0, 0.05) is 23.5 Å². The Labute approximate surface area is 125 Å². The minimum absolute atomic E-state index is 0.165. The van der Waals surface area contributed by atoms with Crippen molar-refractivity contribution in [3.8, 4) is 0 Å². The Hall–Kier alpha value is -2.26. The Bertz CT molecular complexity index is 780. The Kier molecular flexibility index (Phi) is 3.67. The summed E-state index contributed by atoms with van der Waals surface area (Å²) in [7, 11) is 1.99. The molecule has 3 rings (SSSR count). The molecule has 0 bridgehead atoms. The van der Waals surface area contributed by atoms with Crippen molar-refractivity contribution in [3.05, 3.63) is 71.2 Å². The highest BCUT2D eigenvalue weighted by molar-refractivity contribution is 5.79. The molecule has 1 atom stereocenters. The first-order valence-electron chi connectivity index (χ1n) is 7.14. The number of hydrogen-bond acceptors (Lipinski definition) is 3. The molecule has 0 saturated carbocycles. The van der Waals surface area contributed by atoms with E-state index in [1.54, 1.807) is 0 Å². The lowest BCUT2D eigenvalue weighted by Gasteiger charge is -2.19. The summed E-state index contributed by atoms with van der Waals surface area (Å²) in [6.45, 7) is 4.11. The Balaban J connectivity index is 2.09. The van der Waals surface area contributed by atoms with Crippen LogP contribution >= 0.6 is 0 Å². The molecule has 3 heteroatoms. The molecule has 3 aromatic rings. The van der Waals surface area contributed by atoms with Crippen LogP contribution in [-0.2, 0) is 0 Å². The van der Waals surface area contributed by atoms with Crippen molar-refractivity contribution in [3.63, 3.8) is 0 Å². The lowest BCUT2D eigenvalue weighted by Crippen LogP contribution is -2.18. The van der Waals surface area contributed by atoms with Crippen molar-refractivity contribution < 1.29 is 0 Å². The van der Waals surface area contributed by atoms with E-state index in [1.807, 2.05) is 26.4 Å². The predicted octanol–water partition coefficient (Wildman–Crippen LogP) is 3.56. The fourth-order valence-corrected chi connectivity index (χ4v) is 2.74. The van der Waals surface area contributed by atoms with Crippen molar-refractivity contribution in [1.29, 1.82) is 0 Å². The third kappa shape index (κ3) is 2.65. The summed E-state index contributed by atoms with van der Waals surface area (Å²) in [6.07, 6.45) is 3.75. The number of hydrogen-bond donors (Lipinski definition) is 1. The van der Waals surface area contributed by atoms with Gasteiger partial charge in [0.25, 0.3) is 0 Å². The monoisotopic (exact) mass is 277 g/mol. The van der Waals surface area contributed by atoms with E-state index >= 15 is 0 Å². The van der Waals surface area contributed by atoms with E-state index in [-0.39, 0.29) is 6.04 Å². The van der Waals surface area contributed by atoms with Crippen molar-refractivity contribution in [2.45, 2.75) is 19.9 Å². The zero-order valence-corrected chi connectivity index (χ0v) is 12.6. The molecule has 0 aliphatic rings. The third-order valence-corrected chi connectivity index (χ3v) is 3.85. The van der Waals surface area contributed by atoms with Crippen LogP contribution in [-0.4, -0.2) is 17.0 Å². The average molecular weight is 277 g/mol. The number of benzene rings is 1. The summed E-state index contributed by atoms with van der Waals surface area (Å²) < 4.78 is 0. The summed E-state index contributed by atoms with van der Waals surface area (Å²) >= 11 is 0. The quantitative estimate of drug-likeness (QED) is 0.795. The molecular weight excluding hydrogens is 258 g/mol. The normalized spacial score (nSPS) is 12.5. The highest BCUT2D eigenvalue weighted by Gasteiger charge is 2.14. The third-order valence-electron chi connectivity index (χ3n) is 3.85. The molecule has 0 amide bonds. The molecule has 0 aliphatic heterocycles. The molecule has 2 aromatic heterocycles. The minimum atomic E-state index is 0.165. The SMILES string of the molecule is CNC(c1ccc2nc(C)ccc2c1)c1ccncc1C. The van der Waals surface area contributed by atoms with Crippen LogP contribution in [0.25, 0.3) is 10.9 Å². The fourth-order valence-electron chi connectivity index (χ4n) is 2.74. The van der Waals surface area contributed by atoms with Gasteiger partial charge in [-0.3, -0.25) is 9.97 Å². The lowest BCUT2D eigenvalue weighted by molar-refractivity contribution is 0.687. The Morgan fingerprint density at radius 2 is 1.90 bits per heavy atom. The molecule has 0 aliphatic carbocycles. The van der Waals surface area contributed by atoms with Crippen LogP contribution in [0.5, 0.6) is 0 Å². The maximum Gasteiger partial charge on any atom is 0.0705 e. The smallest absolute Gasteiger partial charge is 0.0705 e. The Morgan fingerprint density at radius 3 is 2.67 bits per heavy atom. The molecule has 106 valence electrons. The fraction of sp³-hybridized carbons (Fsp3) is 0.222. The standard InChI is InChI=1S/C18H19N3/c1-12-11-20-9-8-16(12)18(19-3)15-6-7-17-14(10-15)5-4-13(2)21-17/h4-11,18-19H,1-3H3. The van der Waals surface area contributed by atoms with Gasteiger partial charge in [-0.1, -0.05) is 12.1 Å². The maximum absolute atomic E-state index is 4.56. The minimum Gasteiger partial charge on any atom is -0.309 e. The molecule has 2 heterocycles. The highest BCUT2D eigenvalue weighted by atomic mass is 14.9. The second kappa shape index (κ2) is 5.62. The number of aromatic nitrogens is 2. The van der Waals surface area contributed by atoms with Crippen molar-refractivity contribution in [1.82, 2.24) is 15.3 Å². The van der Waals surface area contributed by atoms with E-state index < -0.39 is 0 Å². The molecular formula is C18H19N3. The van der Waals surface area contributed by atoms with E-state index in [4.69, 9.17) is 0 Å². The second-order valence-corrected chi connectivity index (χ2v) is 5.36. The molecule has 21 heavy (non-hydrogen) atoms. The molecule has 0 fully saturated rings. The van der Waals surface area contributed by atoms with Crippen molar-refractivity contribution in [2.24, 2.45) is 0 Å². The zero-order chi connectivity index (χ0) is 14.8. The van der Waals surface area contributed by atoms with Gasteiger partial charge in [-0.2, -0.15) is 0 Å². The van der Waals surface area contributed by atoms with E-state index in [0.29, 0.717) is 0 Å². The lowest BCUT2D eigenvalue weighted by atomic mass is 9.95. The van der Waals surface area contributed by atoms with Gasteiger partial charge in [0.15, 0.2) is 0 Å². The molecule has 0 saturated heterocycles. The molecule has 1 N–H and O–H groups in total. The molecule has 1 unspecified atom stereocenters. The van der Waals surface area contributed by atoms with Crippen LogP contribution < -0.4 is 5.32 Å². The highest BCUT2D eigenvalue weighted by Crippen LogP contribution is 2.26. The van der Waals surface area contributed by atoms with Crippen LogP contribution in [0.2, 0.25) is 0 Å². The van der Waals surface area contributed by atoms with Gasteiger partial charge in [0.1, 0.15) is 0 Å². The molecule has 1 aromatic carbocycles. The largest absolute Gasteiger partial charge is 0.309 e. The number of nitrogens with one attached hydrogen (secondary N) is 1. The van der Waals surface area contributed by atoms with Crippen LogP contribution in [0.15, 0.2) is 48.8 Å². The van der Waals surface area contributed by atoms with Gasteiger partial charge in [-0.25, -0.2) is 0 Å². The second-order valence-electron chi connectivity index (χ2n) is 5.36. The predicted molar refractivity (Wildman–Crippen MR) is 86.4 cm³/mol. The first kappa shape index (κ1) is 13.7. The molecule has 3 nitrogen and oxygen atoms in total. The number of rotatable bonds is 3. The van der Waals surface area contributed by atoms with Crippen molar-refractivity contribution in [2.75, 3.05) is 7.05 Å². The first-order chi connectivity index (χ1) is 10.2. The molecule has 0 spiro atoms. The molecule has 0 radical (unpaired) electrons. The topological polar surface area (TPSA) is 37.8 Å². The van der Waals surface area contributed by atoms with Crippen LogP contribution in [0.3, 0.4) is 0 Å². The number of aryl methyl sites for hydroxylation is 2. The van der Waals surface area contributed by atoms with Gasteiger partial charge in [-0.15, -0.1) is 0 Å². The van der Waals surface area contributed by atoms with Gasteiger partial charge in [0.2, 0.25) is 0 Å². The first-order valence-corrected chi connectivity index (χ1v) is 7.14. The maximum atomic E-state index is 4.56. The Morgan fingerprint density at radius 1 is 1.05 bits per heavy atom. The van der Waals surface area contributed by atoms with Gasteiger partial charge in [-0.05, 0) is 61.9 Å². The van der Waals surface area contributed by atoms with E-state index in [2.05, 4.69) is 58.6 Å². The van der Waals surface area contributed by atoms with E-state index in [9.17, 15) is 0 Å². The number of pyridine rings is 2. The summed E-state index contributed by atoms with van der Waals surface area (Å²) in [5, 5.41) is 4.57. The van der Waals surface area contributed by atoms with Crippen molar-refractivity contribution >= 4 is 10.9 Å². The van der Waals surface area contributed by atoms with Crippen LogP contribution in [0.1, 0.15) is 28.4 Å². The number of fused-ring (bicyclic) bond motifs is 1. The number of nitrogens with zero attached hydrogens (tertiary/aromatic N) is 2. The summed E-state index contributed by atoms with van der Waals surface area (Å²) in [4.78, 5) is 8.74. The zero-order valence-electron chi connectivity index (χ0n) is 12.6. The van der Waals surface area contributed by atoms with Gasteiger partial charge < -0.3 is 5.32 Å². The average Bonchev–Trinajstić information content (AvgIpc) is 2.50. The van der Waals surface area contributed by atoms with Crippen LogP contribution in [0, 0.1) is 13.8 Å². The van der Waals surface area contributed by atoms with E-state index in [0.717, 1.165) is 11.2 Å². The van der Waals surface area contributed by atoms with Crippen LogP contribution in [0.4, 0.5) is 0 Å². The van der Waals surface area contributed by atoms with Gasteiger partial charge >= 0.3 is 0 Å². The summed E-state index contributed by atoms with van der Waals surface area (Å²) in [6, 6.07) is 12.9. The van der Waals surface area contributed by atoms with Gasteiger partial charge in [0.05, 0.1) is 11.6 Å². The summed E-state index contributed by atoms with van der Waals surface area (Å²) in [5.74, 6) is 0.